The lowest BCUT2D eigenvalue weighted by molar-refractivity contribution is -0.384. The number of amides is 4. The Morgan fingerprint density at radius 2 is 0.857 bits per heavy atom. The van der Waals surface area contributed by atoms with Crippen molar-refractivity contribution in [2.75, 3.05) is 34.5 Å². The molecular weight excluding hydrogens is 975 g/mol. The summed E-state index contributed by atoms with van der Waals surface area (Å²) in [5, 5.41) is 44.2. The molecule has 17 nitrogen and oxygen atoms in total. The van der Waals surface area contributed by atoms with Crippen molar-refractivity contribution in [3.05, 3.63) is 218 Å². The number of nitrogens with one attached hydrogen (secondary N) is 4. The number of aromatic nitrogens is 2. The summed E-state index contributed by atoms with van der Waals surface area (Å²) in [6.07, 6.45) is 0. The zero-order valence-corrected chi connectivity index (χ0v) is 40.0. The number of ether oxygens (including phenoxy) is 2. The van der Waals surface area contributed by atoms with Gasteiger partial charge in [0.15, 0.2) is 13.2 Å². The standard InChI is InChI=1S/C60H35N9O8/c61-32-38-19-15-36(16-20-38)23-25-42-27-40-7-1-3-9-47(40)55-56-48-10-4-2-8-41(48)28-43(26-24-37-17-21-39(33-62)22-18-37)58(56)77-35-54(71)66-50-12-6-14-52(64-50)68-60(73)45-29-44(30-46(31-45)69(74)75)59(72)67-51-13-5-11-49(63-51)65-53(70)34-76-57(42)55/h1-22,27-31H,34-35H2,(H2,63,65,67,70,72)(H2,64,66,68,71,73). The number of nitro benzene ring substituents is 1. The summed E-state index contributed by atoms with van der Waals surface area (Å²) < 4.78 is 13.3. The number of nitrogens with zero attached hydrogens (tertiary/aromatic N) is 5. The minimum absolute atomic E-state index is 0.00354. The maximum atomic E-state index is 14.1. The third-order valence-electron chi connectivity index (χ3n) is 11.8. The lowest BCUT2D eigenvalue weighted by Crippen LogP contribution is -2.22. The number of benzene rings is 7. The number of nitriles is 2. The fourth-order valence-corrected chi connectivity index (χ4v) is 8.31. The van der Waals surface area contributed by atoms with Crippen LogP contribution in [0.4, 0.5) is 29.0 Å². The van der Waals surface area contributed by atoms with Gasteiger partial charge in [0.25, 0.3) is 29.3 Å². The zero-order chi connectivity index (χ0) is 53.4. The summed E-state index contributed by atoms with van der Waals surface area (Å²) in [5.74, 6) is 10.0. The molecule has 0 fully saturated rings. The molecule has 4 amide bonds. The number of fused-ring (bicyclic) bond motifs is 13. The highest BCUT2D eigenvalue weighted by Crippen LogP contribution is 2.48. The molecule has 368 valence electrons. The molecular formula is C60H35N9O8. The smallest absolute Gasteiger partial charge is 0.271 e. The van der Waals surface area contributed by atoms with E-state index >= 15 is 0 Å². The molecule has 6 bridgehead atoms. The number of rotatable bonds is 1. The summed E-state index contributed by atoms with van der Waals surface area (Å²) >= 11 is 0. The zero-order valence-electron chi connectivity index (χ0n) is 40.0. The second kappa shape index (κ2) is 21.6. The number of carbonyl (C=O) groups excluding carboxylic acids is 4. The maximum absolute atomic E-state index is 14.1. The van der Waals surface area contributed by atoms with Gasteiger partial charge in [0.2, 0.25) is 0 Å². The molecule has 7 aromatic carbocycles. The minimum Gasteiger partial charge on any atom is -0.482 e. The van der Waals surface area contributed by atoms with E-state index in [1.54, 1.807) is 48.5 Å². The Labute approximate surface area is 437 Å². The van der Waals surface area contributed by atoms with Gasteiger partial charge in [0.1, 0.15) is 34.8 Å². The number of hydrogen-bond donors (Lipinski definition) is 4. The van der Waals surface area contributed by atoms with Crippen LogP contribution in [0.5, 0.6) is 11.5 Å². The van der Waals surface area contributed by atoms with Crippen LogP contribution < -0.4 is 30.7 Å². The Morgan fingerprint density at radius 1 is 0.468 bits per heavy atom. The Bertz CT molecular complexity index is 3900. The van der Waals surface area contributed by atoms with Crippen molar-refractivity contribution in [2.24, 2.45) is 0 Å². The molecule has 3 heterocycles. The topological polar surface area (TPSA) is 251 Å². The van der Waals surface area contributed by atoms with Gasteiger partial charge in [-0.15, -0.1) is 0 Å². The number of anilines is 4. The van der Waals surface area contributed by atoms with E-state index < -0.39 is 47.5 Å². The lowest BCUT2D eigenvalue weighted by atomic mass is 9.88. The molecule has 4 N–H and O–H groups in total. The first-order valence-electron chi connectivity index (χ1n) is 23.4. The van der Waals surface area contributed by atoms with Gasteiger partial charge in [-0.3, -0.25) is 29.3 Å². The first-order valence-corrected chi connectivity index (χ1v) is 23.4. The molecule has 1 aliphatic rings. The van der Waals surface area contributed by atoms with E-state index in [1.165, 1.54) is 36.4 Å². The van der Waals surface area contributed by atoms with Crippen molar-refractivity contribution in [3.63, 3.8) is 0 Å². The van der Waals surface area contributed by atoms with E-state index in [0.717, 1.165) is 29.0 Å². The molecule has 0 aliphatic carbocycles. The van der Waals surface area contributed by atoms with Gasteiger partial charge in [-0.25, -0.2) is 9.97 Å². The largest absolute Gasteiger partial charge is 0.482 e. The fraction of sp³-hybridized carbons (Fsp3) is 0.0333. The van der Waals surface area contributed by atoms with Crippen molar-refractivity contribution in [2.45, 2.75) is 0 Å². The number of nitro groups is 1. The van der Waals surface area contributed by atoms with Crippen LogP contribution >= 0.6 is 0 Å². The first-order chi connectivity index (χ1) is 37.5. The molecule has 0 unspecified atom stereocenters. The molecule has 1 aliphatic heterocycles. The third-order valence-corrected chi connectivity index (χ3v) is 11.8. The average Bonchev–Trinajstić information content (AvgIpc) is 3.52. The van der Waals surface area contributed by atoms with E-state index in [1.807, 2.05) is 60.7 Å². The Hall–Kier alpha value is -11.7. The molecule has 77 heavy (non-hydrogen) atoms. The van der Waals surface area contributed by atoms with Crippen LogP contribution in [0.15, 0.2) is 164 Å². The van der Waals surface area contributed by atoms with Gasteiger partial charge in [-0.2, -0.15) is 10.5 Å². The summed E-state index contributed by atoms with van der Waals surface area (Å²) in [6.45, 7) is -1.23. The molecule has 0 saturated carbocycles. The van der Waals surface area contributed by atoms with Crippen LogP contribution in [0.3, 0.4) is 0 Å². The summed E-state index contributed by atoms with van der Waals surface area (Å²) in [6, 6.07) is 48.2. The van der Waals surface area contributed by atoms with Gasteiger partial charge in [0.05, 0.1) is 39.3 Å². The highest BCUT2D eigenvalue weighted by Gasteiger charge is 2.26. The van der Waals surface area contributed by atoms with Crippen LogP contribution in [0.2, 0.25) is 0 Å². The molecule has 0 spiro atoms. The monoisotopic (exact) mass is 1010 g/mol. The van der Waals surface area contributed by atoms with Crippen LogP contribution in [-0.2, 0) is 9.59 Å². The predicted octanol–water partition coefficient (Wildman–Crippen LogP) is 9.75. The van der Waals surface area contributed by atoms with Crippen molar-refractivity contribution >= 4 is 74.1 Å². The molecule has 0 saturated heterocycles. The lowest BCUT2D eigenvalue weighted by Gasteiger charge is -2.22. The number of carbonyl (C=O) groups is 4. The highest BCUT2D eigenvalue weighted by molar-refractivity contribution is 6.12. The second-order valence-electron chi connectivity index (χ2n) is 17.0. The summed E-state index contributed by atoms with van der Waals surface area (Å²) in [4.78, 5) is 75.5. The Morgan fingerprint density at radius 3 is 1.26 bits per heavy atom. The van der Waals surface area contributed by atoms with Crippen LogP contribution in [-0.4, -0.2) is 51.7 Å². The van der Waals surface area contributed by atoms with Gasteiger partial charge in [-0.1, -0.05) is 84.3 Å². The number of hydrogen-bond acceptors (Lipinski definition) is 12. The van der Waals surface area contributed by atoms with E-state index in [0.29, 0.717) is 55.3 Å². The van der Waals surface area contributed by atoms with E-state index in [2.05, 4.69) is 67.1 Å². The van der Waals surface area contributed by atoms with Crippen LogP contribution in [0, 0.1) is 56.5 Å². The molecule has 17 heteroatoms. The van der Waals surface area contributed by atoms with Crippen LogP contribution in [0.1, 0.15) is 54.1 Å². The maximum Gasteiger partial charge on any atom is 0.271 e. The van der Waals surface area contributed by atoms with E-state index in [4.69, 9.17) is 9.47 Å². The predicted molar refractivity (Wildman–Crippen MR) is 287 cm³/mol. The third kappa shape index (κ3) is 11.1. The Kier molecular flexibility index (Phi) is 13.7. The summed E-state index contributed by atoms with van der Waals surface area (Å²) in [7, 11) is 0. The van der Waals surface area contributed by atoms with Crippen molar-refractivity contribution in [1.82, 2.24) is 9.97 Å². The van der Waals surface area contributed by atoms with Gasteiger partial charge >= 0.3 is 0 Å². The van der Waals surface area contributed by atoms with Crippen molar-refractivity contribution in [3.8, 4) is 58.4 Å². The van der Waals surface area contributed by atoms with Crippen LogP contribution in [0.25, 0.3) is 32.7 Å². The second-order valence-corrected chi connectivity index (χ2v) is 17.0. The quantitative estimate of drug-likeness (QED) is 0.0681. The normalized spacial score (nSPS) is 12.4. The van der Waals surface area contributed by atoms with Gasteiger partial charge < -0.3 is 30.7 Å². The van der Waals surface area contributed by atoms with Gasteiger partial charge in [0, 0.05) is 45.5 Å². The summed E-state index contributed by atoms with van der Waals surface area (Å²) in [5.41, 5.74) is 2.53. The molecule has 9 aromatic rings. The molecule has 2 aromatic heterocycles. The number of non-ortho nitro benzene ring substituents is 1. The Balaban J connectivity index is 1.17. The fourth-order valence-electron chi connectivity index (χ4n) is 8.31. The van der Waals surface area contributed by atoms with E-state index in [-0.39, 0.29) is 45.9 Å². The van der Waals surface area contributed by atoms with Gasteiger partial charge in [-0.05, 0) is 113 Å². The minimum atomic E-state index is -0.854. The highest BCUT2D eigenvalue weighted by atomic mass is 16.6. The van der Waals surface area contributed by atoms with Crippen molar-refractivity contribution in [1.29, 1.82) is 10.5 Å². The first kappa shape index (κ1) is 48.9. The molecule has 0 atom stereocenters. The number of pyridine rings is 2. The molecule has 0 radical (unpaired) electrons. The van der Waals surface area contributed by atoms with Crippen molar-refractivity contribution < 1.29 is 33.6 Å². The van der Waals surface area contributed by atoms with E-state index in [9.17, 15) is 39.8 Å². The average molecular weight is 1010 g/mol. The SMILES string of the molecule is N#Cc1ccc(C#Cc2cc3ccccc3c3c2OCC(=O)Nc2cccc(n2)NC(=O)c2cc(cc([N+](=O)[O-])c2)C(=O)Nc2cccc(n2)NC(=O)COc2c(C#Cc4ccc(C#N)cc4)cc4ccccc4c2-3)cc1. The molecule has 10 rings (SSSR count).